The summed E-state index contributed by atoms with van der Waals surface area (Å²) in [6.45, 7) is 4.34. The van der Waals surface area contributed by atoms with E-state index in [-0.39, 0.29) is 12.2 Å². The smallest absolute Gasteiger partial charge is 0.145 e. The molecule has 5 N–H and O–H groups in total. The number of nitrogens with two attached hydrogens (primary N) is 1. The van der Waals surface area contributed by atoms with Crippen LogP contribution in [0.4, 0.5) is 0 Å². The minimum Gasteiger partial charge on any atom is -0.393 e. The standard InChI is InChI=1S/C26H53NO4/c1-3-5-7-8-9-10-11-12-13-14-15-16-18-20-23(29)25(26(27)31)24(30)21-22(28)19-17-6-4-2/h22-23,25-26,28-29,31H,3-21,27H2,1-2H3. The first-order chi connectivity index (χ1) is 14.9. The molecule has 0 radical (unpaired) electrons. The fraction of sp³-hybridized carbons (Fsp3) is 0.962. The van der Waals surface area contributed by atoms with Crippen LogP contribution in [0, 0.1) is 5.92 Å². The van der Waals surface area contributed by atoms with Gasteiger partial charge in [-0.3, -0.25) is 4.79 Å². The number of unbranched alkanes of at least 4 members (excludes halogenated alkanes) is 14. The minimum absolute atomic E-state index is 0.0433. The normalized spacial score (nSPS) is 15.5. The number of aliphatic hydroxyl groups is 3. The lowest BCUT2D eigenvalue weighted by molar-refractivity contribution is -0.133. The molecule has 5 heteroatoms. The topological polar surface area (TPSA) is 104 Å². The van der Waals surface area contributed by atoms with Gasteiger partial charge in [-0.05, 0) is 12.8 Å². The molecule has 0 aliphatic heterocycles. The Morgan fingerprint density at radius 3 is 1.48 bits per heavy atom. The largest absolute Gasteiger partial charge is 0.393 e. The van der Waals surface area contributed by atoms with E-state index in [4.69, 9.17) is 5.73 Å². The van der Waals surface area contributed by atoms with E-state index in [1.807, 2.05) is 0 Å². The first-order valence-electron chi connectivity index (χ1n) is 13.3. The van der Waals surface area contributed by atoms with Crippen molar-refractivity contribution in [2.45, 2.75) is 154 Å². The van der Waals surface area contributed by atoms with Crippen molar-refractivity contribution in [3.05, 3.63) is 0 Å². The Balaban J connectivity index is 3.85. The lowest BCUT2D eigenvalue weighted by Gasteiger charge is -2.25. The second kappa shape index (κ2) is 21.4. The molecule has 0 fully saturated rings. The molecule has 0 saturated carbocycles. The third-order valence-corrected chi connectivity index (χ3v) is 6.34. The third kappa shape index (κ3) is 17.7. The van der Waals surface area contributed by atoms with Crippen LogP contribution in [-0.4, -0.2) is 39.5 Å². The summed E-state index contributed by atoms with van der Waals surface area (Å²) in [6.07, 6.45) is 17.2. The van der Waals surface area contributed by atoms with E-state index < -0.39 is 24.4 Å². The van der Waals surface area contributed by atoms with Crippen LogP contribution in [-0.2, 0) is 4.79 Å². The molecular weight excluding hydrogens is 390 g/mol. The number of carbonyl (C=O) groups is 1. The highest BCUT2D eigenvalue weighted by molar-refractivity contribution is 5.82. The molecule has 0 aromatic rings. The Bertz CT molecular complexity index is 403. The van der Waals surface area contributed by atoms with Crippen LogP contribution in [0.2, 0.25) is 0 Å². The number of Topliss-reactive ketones (excluding diaryl/α,β-unsaturated/α-hetero) is 1. The van der Waals surface area contributed by atoms with Crippen LogP contribution in [0.15, 0.2) is 0 Å². The van der Waals surface area contributed by atoms with Crippen molar-refractivity contribution in [2.24, 2.45) is 11.7 Å². The highest BCUT2D eigenvalue weighted by atomic mass is 16.3. The molecule has 31 heavy (non-hydrogen) atoms. The molecule has 186 valence electrons. The Morgan fingerprint density at radius 1 is 0.645 bits per heavy atom. The molecule has 5 nitrogen and oxygen atoms in total. The van der Waals surface area contributed by atoms with E-state index in [2.05, 4.69) is 13.8 Å². The maximum atomic E-state index is 12.4. The van der Waals surface area contributed by atoms with E-state index in [9.17, 15) is 20.1 Å². The van der Waals surface area contributed by atoms with Crippen LogP contribution in [0.1, 0.15) is 136 Å². The first kappa shape index (κ1) is 30.5. The van der Waals surface area contributed by atoms with Gasteiger partial charge in [-0.25, -0.2) is 0 Å². The number of aliphatic hydroxyl groups excluding tert-OH is 3. The van der Waals surface area contributed by atoms with Crippen LogP contribution >= 0.6 is 0 Å². The second-order valence-electron chi connectivity index (χ2n) is 9.44. The summed E-state index contributed by atoms with van der Waals surface area (Å²) >= 11 is 0. The maximum absolute atomic E-state index is 12.4. The van der Waals surface area contributed by atoms with E-state index in [0.717, 1.165) is 38.5 Å². The molecule has 0 bridgehead atoms. The Morgan fingerprint density at radius 2 is 1.03 bits per heavy atom. The van der Waals surface area contributed by atoms with Gasteiger partial charge in [0.25, 0.3) is 0 Å². The van der Waals surface area contributed by atoms with Crippen molar-refractivity contribution in [3.63, 3.8) is 0 Å². The third-order valence-electron chi connectivity index (χ3n) is 6.34. The summed E-state index contributed by atoms with van der Waals surface area (Å²) in [5, 5.41) is 30.2. The first-order valence-corrected chi connectivity index (χ1v) is 13.3. The summed E-state index contributed by atoms with van der Waals surface area (Å²) in [4.78, 5) is 12.4. The molecule has 0 aromatic carbocycles. The van der Waals surface area contributed by atoms with Gasteiger partial charge in [0.15, 0.2) is 0 Å². The summed E-state index contributed by atoms with van der Waals surface area (Å²) in [5.74, 6) is -1.33. The van der Waals surface area contributed by atoms with Crippen molar-refractivity contribution < 1.29 is 20.1 Å². The molecule has 0 heterocycles. The average Bonchev–Trinajstić information content (AvgIpc) is 2.71. The zero-order valence-corrected chi connectivity index (χ0v) is 20.6. The lowest BCUT2D eigenvalue weighted by atomic mass is 9.88. The molecule has 0 aliphatic carbocycles. The van der Waals surface area contributed by atoms with Crippen molar-refractivity contribution >= 4 is 5.78 Å². The fourth-order valence-corrected chi connectivity index (χ4v) is 4.28. The molecule has 0 spiro atoms. The van der Waals surface area contributed by atoms with Gasteiger partial charge in [0.05, 0.1) is 18.1 Å². The SMILES string of the molecule is CCCCCCCCCCCCCCCC(O)C(C(=O)CC(O)CCCCC)C(N)O. The maximum Gasteiger partial charge on any atom is 0.145 e. The van der Waals surface area contributed by atoms with E-state index >= 15 is 0 Å². The van der Waals surface area contributed by atoms with Gasteiger partial charge in [-0.1, -0.05) is 117 Å². The van der Waals surface area contributed by atoms with Crippen molar-refractivity contribution in [1.82, 2.24) is 0 Å². The summed E-state index contributed by atoms with van der Waals surface area (Å²) in [7, 11) is 0. The van der Waals surface area contributed by atoms with E-state index in [1.54, 1.807) is 0 Å². The van der Waals surface area contributed by atoms with Crippen LogP contribution in [0.25, 0.3) is 0 Å². The van der Waals surface area contributed by atoms with Gasteiger partial charge in [-0.2, -0.15) is 0 Å². The second-order valence-corrected chi connectivity index (χ2v) is 9.44. The Hall–Kier alpha value is -0.490. The number of rotatable bonds is 23. The molecule has 0 aliphatic rings. The van der Waals surface area contributed by atoms with Crippen LogP contribution in [0.5, 0.6) is 0 Å². The Kier molecular flexibility index (Phi) is 21.0. The van der Waals surface area contributed by atoms with Crippen molar-refractivity contribution in [2.75, 3.05) is 0 Å². The molecule has 4 unspecified atom stereocenters. The van der Waals surface area contributed by atoms with Crippen LogP contribution < -0.4 is 5.73 Å². The highest BCUT2D eigenvalue weighted by Crippen LogP contribution is 2.20. The summed E-state index contributed by atoms with van der Waals surface area (Å²) < 4.78 is 0. The number of ketones is 1. The molecule has 0 amide bonds. The average molecular weight is 444 g/mol. The van der Waals surface area contributed by atoms with Crippen molar-refractivity contribution in [1.29, 1.82) is 0 Å². The zero-order chi connectivity index (χ0) is 23.3. The predicted molar refractivity (Wildman–Crippen MR) is 130 cm³/mol. The van der Waals surface area contributed by atoms with Gasteiger partial charge < -0.3 is 21.1 Å². The van der Waals surface area contributed by atoms with E-state index in [1.165, 1.54) is 64.2 Å². The molecule has 0 saturated heterocycles. The Labute approximate surface area is 192 Å². The lowest BCUT2D eigenvalue weighted by Crippen LogP contribution is -2.44. The fourth-order valence-electron chi connectivity index (χ4n) is 4.28. The number of hydrogen-bond donors (Lipinski definition) is 4. The van der Waals surface area contributed by atoms with Gasteiger partial charge >= 0.3 is 0 Å². The summed E-state index contributed by atoms with van der Waals surface area (Å²) in [5.41, 5.74) is 5.57. The number of carbonyl (C=O) groups excluding carboxylic acids is 1. The van der Waals surface area contributed by atoms with Gasteiger partial charge in [0.1, 0.15) is 12.0 Å². The van der Waals surface area contributed by atoms with Gasteiger partial charge in [0, 0.05) is 6.42 Å². The van der Waals surface area contributed by atoms with Crippen molar-refractivity contribution in [3.8, 4) is 0 Å². The zero-order valence-electron chi connectivity index (χ0n) is 20.6. The molecular formula is C26H53NO4. The number of hydrogen-bond acceptors (Lipinski definition) is 5. The summed E-state index contributed by atoms with van der Waals surface area (Å²) in [6, 6.07) is 0. The monoisotopic (exact) mass is 443 g/mol. The van der Waals surface area contributed by atoms with Crippen LogP contribution in [0.3, 0.4) is 0 Å². The van der Waals surface area contributed by atoms with Gasteiger partial charge in [0.2, 0.25) is 0 Å². The molecule has 4 atom stereocenters. The molecule has 0 aromatic heterocycles. The molecule has 0 rings (SSSR count). The van der Waals surface area contributed by atoms with Gasteiger partial charge in [-0.15, -0.1) is 0 Å². The highest BCUT2D eigenvalue weighted by Gasteiger charge is 2.32. The minimum atomic E-state index is -1.38. The predicted octanol–water partition coefficient (Wildman–Crippen LogP) is 5.62. The van der Waals surface area contributed by atoms with E-state index in [0.29, 0.717) is 12.8 Å². The quantitative estimate of drug-likeness (QED) is 0.121.